The smallest absolute Gasteiger partial charge is 0.253 e. The minimum atomic E-state index is -0.0712. The Bertz CT molecular complexity index is 1560. The van der Waals surface area contributed by atoms with Gasteiger partial charge in [0.15, 0.2) is 5.65 Å². The molecule has 0 bridgehead atoms. The first-order valence-electron chi connectivity index (χ1n) is 13.7. The maximum atomic E-state index is 12.6. The summed E-state index contributed by atoms with van der Waals surface area (Å²) in [5, 5.41) is 8.99. The number of aromatic nitrogens is 4. The predicted octanol–water partition coefficient (Wildman–Crippen LogP) is 4.49. The number of rotatable bonds is 8. The van der Waals surface area contributed by atoms with Crippen LogP contribution in [0.15, 0.2) is 54.0 Å². The molecule has 0 amide bonds. The van der Waals surface area contributed by atoms with Crippen LogP contribution in [0.3, 0.4) is 0 Å². The summed E-state index contributed by atoms with van der Waals surface area (Å²) in [6.07, 6.45) is 1.86. The van der Waals surface area contributed by atoms with Gasteiger partial charge < -0.3 is 15.2 Å². The number of H-pyrrole nitrogens is 1. The van der Waals surface area contributed by atoms with Crippen LogP contribution in [0.4, 0.5) is 0 Å². The Hall–Kier alpha value is -3.75. The average molecular weight is 526 g/mol. The van der Waals surface area contributed by atoms with Crippen molar-refractivity contribution in [1.82, 2.24) is 34.9 Å². The van der Waals surface area contributed by atoms with Crippen molar-refractivity contribution in [3.05, 3.63) is 87.5 Å². The number of nitrogens with zero attached hydrogens (tertiary/aromatic N) is 5. The van der Waals surface area contributed by atoms with Gasteiger partial charge in [-0.05, 0) is 64.1 Å². The largest absolute Gasteiger partial charge is 0.381 e. The summed E-state index contributed by atoms with van der Waals surface area (Å²) in [6, 6.07) is 12.9. The molecule has 0 saturated carbocycles. The second-order valence-electron chi connectivity index (χ2n) is 11.0. The number of benzene rings is 1. The standard InChI is InChI=1S/C31H39N7O/c1-20(2)38-30-28(18-33-38)26(23(5)32-17-27-21(3)14-22(4)34-31(27)39)16-29(35-30)25-9-7-8-24(15-25)19-37-12-10-36(6)11-13-37/h7-9,14-16,18,20,32H,5,10-13,17,19H2,1-4,6H3,(H,34,39). The molecule has 1 fully saturated rings. The summed E-state index contributed by atoms with van der Waals surface area (Å²) in [5.41, 5.74) is 8.19. The fraction of sp³-hybridized carbons (Fsp3) is 0.387. The number of aromatic amines is 1. The summed E-state index contributed by atoms with van der Waals surface area (Å²) in [5.74, 6) is 0. The molecule has 0 aliphatic carbocycles. The Morgan fingerprint density at radius 2 is 1.90 bits per heavy atom. The van der Waals surface area contributed by atoms with Gasteiger partial charge in [0.1, 0.15) is 0 Å². The van der Waals surface area contributed by atoms with Gasteiger partial charge in [-0.15, -0.1) is 0 Å². The van der Waals surface area contributed by atoms with E-state index in [2.05, 4.69) is 83.0 Å². The Balaban J connectivity index is 1.48. The van der Waals surface area contributed by atoms with Gasteiger partial charge in [-0.2, -0.15) is 5.10 Å². The minimum absolute atomic E-state index is 0.0712. The average Bonchev–Trinajstić information content (AvgIpc) is 3.33. The van der Waals surface area contributed by atoms with Crippen LogP contribution in [0.2, 0.25) is 0 Å². The van der Waals surface area contributed by atoms with Gasteiger partial charge >= 0.3 is 0 Å². The number of likely N-dealkylation sites (N-methyl/N-ethyl adjacent to an activating group) is 1. The third kappa shape index (κ3) is 5.82. The molecule has 0 radical (unpaired) electrons. The van der Waals surface area contributed by atoms with Crippen molar-refractivity contribution in [3.8, 4) is 11.3 Å². The van der Waals surface area contributed by atoms with E-state index in [1.165, 1.54) is 5.56 Å². The molecule has 0 atom stereocenters. The number of piperazine rings is 1. The molecule has 3 aromatic heterocycles. The van der Waals surface area contributed by atoms with E-state index >= 15 is 0 Å². The fourth-order valence-electron chi connectivity index (χ4n) is 5.28. The van der Waals surface area contributed by atoms with Crippen molar-refractivity contribution < 1.29 is 0 Å². The molecule has 1 aliphatic heterocycles. The van der Waals surface area contributed by atoms with E-state index in [-0.39, 0.29) is 11.6 Å². The van der Waals surface area contributed by atoms with Crippen LogP contribution in [-0.4, -0.2) is 62.8 Å². The molecular formula is C31H39N7O. The minimum Gasteiger partial charge on any atom is -0.381 e. The summed E-state index contributed by atoms with van der Waals surface area (Å²) in [4.78, 5) is 25.4. The monoisotopic (exact) mass is 525 g/mol. The van der Waals surface area contributed by atoms with Gasteiger partial charge in [-0.25, -0.2) is 9.67 Å². The summed E-state index contributed by atoms with van der Waals surface area (Å²) < 4.78 is 1.96. The zero-order valence-corrected chi connectivity index (χ0v) is 23.7. The SMILES string of the molecule is C=C(NCc1c(C)cc(C)[nH]c1=O)c1cc(-c2cccc(CN3CCN(C)CC3)c2)nc2c1cnn2C(C)C. The highest BCUT2D eigenvalue weighted by Crippen LogP contribution is 2.30. The zero-order valence-electron chi connectivity index (χ0n) is 23.7. The number of nitrogens with one attached hydrogen (secondary N) is 2. The maximum absolute atomic E-state index is 12.6. The van der Waals surface area contributed by atoms with E-state index in [1.807, 2.05) is 30.8 Å². The molecule has 8 heteroatoms. The molecule has 0 spiro atoms. The van der Waals surface area contributed by atoms with Crippen LogP contribution in [0, 0.1) is 13.8 Å². The van der Waals surface area contributed by atoms with E-state index < -0.39 is 0 Å². The second-order valence-corrected chi connectivity index (χ2v) is 11.0. The summed E-state index contributed by atoms with van der Waals surface area (Å²) >= 11 is 0. The molecule has 4 heterocycles. The topological polar surface area (TPSA) is 82.1 Å². The van der Waals surface area contributed by atoms with Gasteiger partial charge in [-0.3, -0.25) is 9.69 Å². The van der Waals surface area contributed by atoms with E-state index in [0.717, 1.165) is 77.5 Å². The maximum Gasteiger partial charge on any atom is 0.253 e. The lowest BCUT2D eigenvalue weighted by atomic mass is 10.0. The van der Waals surface area contributed by atoms with Crippen molar-refractivity contribution in [3.63, 3.8) is 0 Å². The molecule has 39 heavy (non-hydrogen) atoms. The van der Waals surface area contributed by atoms with Crippen molar-refractivity contribution in [1.29, 1.82) is 0 Å². The Morgan fingerprint density at radius 3 is 2.62 bits per heavy atom. The third-order valence-corrected chi connectivity index (χ3v) is 7.58. The molecule has 1 saturated heterocycles. The fourth-order valence-corrected chi connectivity index (χ4v) is 5.28. The van der Waals surface area contributed by atoms with Crippen LogP contribution in [0.25, 0.3) is 28.0 Å². The highest BCUT2D eigenvalue weighted by molar-refractivity contribution is 5.91. The van der Waals surface area contributed by atoms with E-state index in [1.54, 1.807) is 0 Å². The van der Waals surface area contributed by atoms with Crippen molar-refractivity contribution in [2.75, 3.05) is 33.2 Å². The number of aryl methyl sites for hydroxylation is 2. The van der Waals surface area contributed by atoms with Crippen molar-refractivity contribution in [2.24, 2.45) is 0 Å². The van der Waals surface area contributed by atoms with Crippen molar-refractivity contribution in [2.45, 2.75) is 46.8 Å². The van der Waals surface area contributed by atoms with Gasteiger partial charge in [0.05, 0.1) is 11.9 Å². The van der Waals surface area contributed by atoms with Gasteiger partial charge in [-0.1, -0.05) is 24.8 Å². The van der Waals surface area contributed by atoms with Crippen LogP contribution < -0.4 is 10.9 Å². The first-order chi connectivity index (χ1) is 18.7. The van der Waals surface area contributed by atoms with Crippen LogP contribution in [0.5, 0.6) is 0 Å². The number of fused-ring (bicyclic) bond motifs is 1. The van der Waals surface area contributed by atoms with E-state index in [4.69, 9.17) is 4.98 Å². The van der Waals surface area contributed by atoms with Crippen LogP contribution in [0.1, 0.15) is 47.8 Å². The summed E-state index contributed by atoms with van der Waals surface area (Å²) in [6.45, 7) is 18.1. The second kappa shape index (κ2) is 11.2. The van der Waals surface area contributed by atoms with Gasteiger partial charge in [0.2, 0.25) is 0 Å². The van der Waals surface area contributed by atoms with Crippen molar-refractivity contribution >= 4 is 16.7 Å². The normalized spacial score (nSPS) is 14.8. The Morgan fingerprint density at radius 1 is 1.13 bits per heavy atom. The zero-order chi connectivity index (χ0) is 27.7. The van der Waals surface area contributed by atoms with Crippen LogP contribution >= 0.6 is 0 Å². The molecule has 1 aromatic carbocycles. The molecule has 4 aromatic rings. The molecule has 2 N–H and O–H groups in total. The lowest BCUT2D eigenvalue weighted by Crippen LogP contribution is -2.43. The first-order valence-corrected chi connectivity index (χ1v) is 13.7. The highest BCUT2D eigenvalue weighted by atomic mass is 16.1. The van der Waals surface area contributed by atoms with Gasteiger partial charge in [0, 0.05) is 78.8 Å². The lowest BCUT2D eigenvalue weighted by molar-refractivity contribution is 0.148. The Kier molecular flexibility index (Phi) is 7.68. The highest BCUT2D eigenvalue weighted by Gasteiger charge is 2.18. The quantitative estimate of drug-likeness (QED) is 0.353. The molecule has 204 valence electrons. The molecule has 0 unspecified atom stereocenters. The predicted molar refractivity (Wildman–Crippen MR) is 159 cm³/mol. The molecular weight excluding hydrogens is 486 g/mol. The number of hydrogen-bond acceptors (Lipinski definition) is 6. The molecule has 8 nitrogen and oxygen atoms in total. The number of hydrogen-bond donors (Lipinski definition) is 2. The van der Waals surface area contributed by atoms with Crippen LogP contribution in [-0.2, 0) is 13.1 Å². The molecule has 1 aliphatic rings. The first kappa shape index (κ1) is 26.8. The Labute approximate surface area is 230 Å². The van der Waals surface area contributed by atoms with Gasteiger partial charge in [0.25, 0.3) is 5.56 Å². The summed E-state index contributed by atoms with van der Waals surface area (Å²) in [7, 11) is 2.18. The molecule has 5 rings (SSSR count). The third-order valence-electron chi connectivity index (χ3n) is 7.58. The number of pyridine rings is 2. The van der Waals surface area contributed by atoms with E-state index in [9.17, 15) is 4.79 Å². The lowest BCUT2D eigenvalue weighted by Gasteiger charge is -2.32. The van der Waals surface area contributed by atoms with E-state index in [0.29, 0.717) is 12.1 Å².